The number of alkyl halides is 1. The summed E-state index contributed by atoms with van der Waals surface area (Å²) < 4.78 is 27.2. The van der Waals surface area contributed by atoms with Crippen LogP contribution in [0.25, 0.3) is 0 Å². The van der Waals surface area contributed by atoms with E-state index in [1.54, 1.807) is 6.07 Å². The molecule has 0 aliphatic heterocycles. The van der Waals surface area contributed by atoms with Gasteiger partial charge in [-0.15, -0.1) is 22.9 Å². The van der Waals surface area contributed by atoms with Crippen molar-refractivity contribution >= 4 is 33.0 Å². The second kappa shape index (κ2) is 4.29. The first-order valence-electron chi connectivity index (χ1n) is 5.14. The van der Waals surface area contributed by atoms with Gasteiger partial charge >= 0.3 is 0 Å². The molecule has 1 aromatic rings. The maximum atomic E-state index is 12.1. The van der Waals surface area contributed by atoms with Gasteiger partial charge in [0.1, 0.15) is 4.21 Å². The normalized spacial score (nSPS) is 19.4. The van der Waals surface area contributed by atoms with Crippen LogP contribution in [0.5, 0.6) is 0 Å². The molecule has 0 bridgehead atoms. The van der Waals surface area contributed by atoms with E-state index in [0.717, 1.165) is 24.1 Å². The van der Waals surface area contributed by atoms with Crippen molar-refractivity contribution in [3.8, 4) is 0 Å². The number of hydrogen-bond acceptors (Lipinski definition) is 3. The van der Waals surface area contributed by atoms with Crippen molar-refractivity contribution in [1.82, 2.24) is 4.72 Å². The summed E-state index contributed by atoms with van der Waals surface area (Å²) >= 11 is 7.12. The second-order valence-corrected chi connectivity index (χ2v) is 7.70. The molecule has 16 heavy (non-hydrogen) atoms. The second-order valence-electron chi connectivity index (χ2n) is 4.24. The summed E-state index contributed by atoms with van der Waals surface area (Å²) in [4.78, 5) is 0.994. The minimum absolute atomic E-state index is 0.344. The van der Waals surface area contributed by atoms with Crippen LogP contribution >= 0.6 is 22.9 Å². The van der Waals surface area contributed by atoms with Gasteiger partial charge in [-0.25, -0.2) is 13.1 Å². The highest BCUT2D eigenvalue weighted by Gasteiger charge is 2.40. The maximum Gasteiger partial charge on any atom is 0.250 e. The molecule has 0 saturated heterocycles. The topological polar surface area (TPSA) is 46.2 Å². The molecule has 0 aromatic carbocycles. The Bertz CT molecular complexity index is 471. The van der Waals surface area contributed by atoms with E-state index < -0.39 is 15.6 Å². The van der Waals surface area contributed by atoms with E-state index >= 15 is 0 Å². The minimum Gasteiger partial charge on any atom is -0.206 e. The van der Waals surface area contributed by atoms with Gasteiger partial charge in [-0.1, -0.05) is 0 Å². The van der Waals surface area contributed by atoms with E-state index in [9.17, 15) is 8.42 Å². The fourth-order valence-corrected chi connectivity index (χ4v) is 4.91. The van der Waals surface area contributed by atoms with E-state index in [-0.39, 0.29) is 0 Å². The van der Waals surface area contributed by atoms with Crippen molar-refractivity contribution in [2.45, 2.75) is 35.9 Å². The Balaban J connectivity index is 2.20. The lowest BCUT2D eigenvalue weighted by atomic mass is 9.79. The van der Waals surface area contributed by atoms with Crippen molar-refractivity contribution in [2.24, 2.45) is 0 Å². The lowest BCUT2D eigenvalue weighted by Gasteiger charge is -2.40. The highest BCUT2D eigenvalue weighted by molar-refractivity contribution is 7.91. The molecule has 0 unspecified atom stereocenters. The summed E-state index contributed by atoms with van der Waals surface area (Å²) in [6.07, 6.45) is 2.71. The molecule has 1 fully saturated rings. The predicted molar refractivity (Wildman–Crippen MR) is 66.7 cm³/mol. The molecular formula is C10H14ClNO2S2. The molecule has 1 aliphatic carbocycles. The highest BCUT2D eigenvalue weighted by Crippen LogP contribution is 2.35. The fraction of sp³-hybridized carbons (Fsp3) is 0.600. The first-order valence-corrected chi connectivity index (χ1v) is 7.97. The Morgan fingerprint density at radius 1 is 1.50 bits per heavy atom. The Morgan fingerprint density at radius 2 is 2.19 bits per heavy atom. The Hall–Kier alpha value is -0.100. The van der Waals surface area contributed by atoms with Crippen molar-refractivity contribution in [3.63, 3.8) is 0 Å². The standard InChI is InChI=1S/C10H14ClNO2S2/c1-8-3-4-9(15-8)16(13,14)12-10(7-11)5-2-6-10/h3-4,12H,2,5-7H2,1H3. The highest BCUT2D eigenvalue weighted by atomic mass is 35.5. The average Bonchev–Trinajstić information content (AvgIpc) is 2.59. The van der Waals surface area contributed by atoms with Crippen LogP contribution in [0.15, 0.2) is 16.3 Å². The van der Waals surface area contributed by atoms with Crippen molar-refractivity contribution in [1.29, 1.82) is 0 Å². The van der Waals surface area contributed by atoms with E-state index in [0.29, 0.717) is 10.1 Å². The zero-order valence-corrected chi connectivity index (χ0v) is 11.4. The van der Waals surface area contributed by atoms with Gasteiger partial charge in [-0.3, -0.25) is 0 Å². The van der Waals surface area contributed by atoms with Crippen LogP contribution in [0.2, 0.25) is 0 Å². The molecule has 2 rings (SSSR count). The van der Waals surface area contributed by atoms with Crippen LogP contribution < -0.4 is 4.72 Å². The number of halogens is 1. The molecule has 1 heterocycles. The van der Waals surface area contributed by atoms with Crippen LogP contribution in [-0.2, 0) is 10.0 Å². The number of hydrogen-bond donors (Lipinski definition) is 1. The number of sulfonamides is 1. The largest absolute Gasteiger partial charge is 0.250 e. The zero-order chi connectivity index (χ0) is 11.8. The van der Waals surface area contributed by atoms with Crippen LogP contribution in [-0.4, -0.2) is 19.8 Å². The van der Waals surface area contributed by atoms with Crippen molar-refractivity contribution < 1.29 is 8.42 Å². The number of rotatable bonds is 4. The average molecular weight is 280 g/mol. The predicted octanol–water partition coefficient (Wildman–Crippen LogP) is 2.50. The van der Waals surface area contributed by atoms with Gasteiger partial charge in [0.05, 0.1) is 0 Å². The minimum atomic E-state index is -3.39. The van der Waals surface area contributed by atoms with Gasteiger partial charge < -0.3 is 0 Å². The third kappa shape index (κ3) is 2.27. The fourth-order valence-electron chi connectivity index (χ4n) is 1.76. The molecule has 90 valence electrons. The molecule has 1 aliphatic rings. The molecule has 0 atom stereocenters. The monoisotopic (exact) mass is 279 g/mol. The lowest BCUT2D eigenvalue weighted by Crippen LogP contribution is -2.54. The van der Waals surface area contributed by atoms with Crippen molar-refractivity contribution in [3.05, 3.63) is 17.0 Å². The van der Waals surface area contributed by atoms with Gasteiger partial charge in [0.15, 0.2) is 0 Å². The van der Waals surface area contributed by atoms with Crippen LogP contribution in [0, 0.1) is 6.92 Å². The Kier molecular flexibility index (Phi) is 3.32. The van der Waals surface area contributed by atoms with Crippen LogP contribution in [0.4, 0.5) is 0 Å². The van der Waals surface area contributed by atoms with Crippen LogP contribution in [0.1, 0.15) is 24.1 Å². The molecule has 1 N–H and O–H groups in total. The quantitative estimate of drug-likeness (QED) is 0.861. The summed E-state index contributed by atoms with van der Waals surface area (Å²) in [7, 11) is -3.39. The number of aryl methyl sites for hydroxylation is 1. The molecule has 3 nitrogen and oxygen atoms in total. The van der Waals surface area contributed by atoms with Gasteiger partial charge in [0.25, 0.3) is 10.0 Å². The third-order valence-corrected chi connectivity index (χ3v) is 6.48. The Labute approximate surface area is 105 Å². The summed E-state index contributed by atoms with van der Waals surface area (Å²) in [6.45, 7) is 1.89. The molecule has 6 heteroatoms. The van der Waals surface area contributed by atoms with Gasteiger partial charge in [0.2, 0.25) is 0 Å². The number of thiophene rings is 1. The van der Waals surface area contributed by atoms with Gasteiger partial charge in [0, 0.05) is 16.3 Å². The molecule has 1 aromatic heterocycles. The molecule has 0 amide bonds. The molecule has 0 spiro atoms. The van der Waals surface area contributed by atoms with E-state index in [1.807, 2.05) is 13.0 Å². The van der Waals surface area contributed by atoms with E-state index in [2.05, 4.69) is 4.72 Å². The smallest absolute Gasteiger partial charge is 0.206 e. The van der Waals surface area contributed by atoms with E-state index in [4.69, 9.17) is 11.6 Å². The number of nitrogens with one attached hydrogen (secondary N) is 1. The van der Waals surface area contributed by atoms with Crippen molar-refractivity contribution in [2.75, 3.05) is 5.88 Å². The molecule has 0 radical (unpaired) electrons. The lowest BCUT2D eigenvalue weighted by molar-refractivity contribution is 0.252. The summed E-state index contributed by atoms with van der Waals surface area (Å²) in [5.41, 5.74) is -0.404. The first kappa shape index (κ1) is 12.4. The van der Waals surface area contributed by atoms with E-state index in [1.165, 1.54) is 11.3 Å². The van der Waals surface area contributed by atoms with Gasteiger partial charge in [-0.2, -0.15) is 0 Å². The summed E-state index contributed by atoms with van der Waals surface area (Å²) in [5, 5.41) is 0. The van der Waals surface area contributed by atoms with Crippen LogP contribution in [0.3, 0.4) is 0 Å². The molecule has 1 saturated carbocycles. The first-order chi connectivity index (χ1) is 7.47. The summed E-state index contributed by atoms with van der Waals surface area (Å²) in [5.74, 6) is 0.344. The maximum absolute atomic E-state index is 12.1. The molecular weight excluding hydrogens is 266 g/mol. The summed E-state index contributed by atoms with van der Waals surface area (Å²) in [6, 6.07) is 3.45. The zero-order valence-electron chi connectivity index (χ0n) is 8.99. The third-order valence-electron chi connectivity index (χ3n) is 2.90. The Morgan fingerprint density at radius 3 is 2.56 bits per heavy atom. The SMILES string of the molecule is Cc1ccc(S(=O)(=O)NC2(CCl)CCC2)s1. The van der Waals surface area contributed by atoms with Gasteiger partial charge in [-0.05, 0) is 38.3 Å².